The molecule has 0 amide bonds. The molecule has 2 N–H and O–H groups in total. The molecule has 154 valence electrons. The average Bonchev–Trinajstić information content (AvgIpc) is 2.96. The van der Waals surface area contributed by atoms with Crippen LogP contribution in [-0.2, 0) is 9.84 Å². The van der Waals surface area contributed by atoms with Crippen molar-refractivity contribution in [1.29, 1.82) is 0 Å². The van der Waals surface area contributed by atoms with E-state index in [1.807, 2.05) is 38.1 Å². The monoisotopic (exact) mass is 511 g/mol. The number of sulfone groups is 1. The minimum Gasteiger partial charge on any atom is -0.497 e. The first-order chi connectivity index (χ1) is 12.4. The Bertz CT molecular complexity index is 712. The van der Waals surface area contributed by atoms with Crippen LogP contribution < -0.4 is 20.1 Å². The predicted octanol–water partition coefficient (Wildman–Crippen LogP) is 2.07. The molecule has 0 spiro atoms. The fraction of sp³-hybridized carbons (Fsp3) is 0.611. The molecular weight excluding hydrogens is 481 g/mol. The van der Waals surface area contributed by atoms with Crippen molar-refractivity contribution in [1.82, 2.24) is 10.6 Å². The zero-order valence-electron chi connectivity index (χ0n) is 16.1. The Hall–Kier alpha value is -1.23. The molecule has 0 radical (unpaired) electrons. The third kappa shape index (κ3) is 8.54. The molecular formula is C18H30IN3O4S. The van der Waals surface area contributed by atoms with Crippen LogP contribution in [0.4, 0.5) is 0 Å². The van der Waals surface area contributed by atoms with Crippen molar-refractivity contribution in [3.63, 3.8) is 0 Å². The number of halogens is 1. The lowest BCUT2D eigenvalue weighted by atomic mass is 10.1. The molecule has 0 bridgehead atoms. The van der Waals surface area contributed by atoms with Crippen molar-refractivity contribution in [3.05, 3.63) is 24.3 Å². The van der Waals surface area contributed by atoms with Crippen LogP contribution in [-0.4, -0.2) is 58.7 Å². The van der Waals surface area contributed by atoms with Crippen molar-refractivity contribution in [2.45, 2.75) is 26.4 Å². The first kappa shape index (κ1) is 23.8. The molecule has 1 aliphatic rings. The lowest BCUT2D eigenvalue weighted by Gasteiger charge is -2.17. The van der Waals surface area contributed by atoms with Crippen LogP contribution in [0.5, 0.6) is 11.5 Å². The maximum Gasteiger partial charge on any atom is 0.191 e. The number of hydrogen-bond acceptors (Lipinski definition) is 5. The van der Waals surface area contributed by atoms with E-state index in [9.17, 15) is 8.42 Å². The van der Waals surface area contributed by atoms with Crippen LogP contribution in [0.1, 0.15) is 20.3 Å². The molecule has 9 heteroatoms. The summed E-state index contributed by atoms with van der Waals surface area (Å²) in [5.74, 6) is 2.86. The number of methoxy groups -OCH3 is 1. The molecule has 2 unspecified atom stereocenters. The summed E-state index contributed by atoms with van der Waals surface area (Å²) in [7, 11) is -1.23. The normalized spacial score (nSPS) is 19.7. The minimum atomic E-state index is -2.85. The summed E-state index contributed by atoms with van der Waals surface area (Å²) < 4.78 is 34.2. The van der Waals surface area contributed by atoms with Gasteiger partial charge in [-0.25, -0.2) is 13.4 Å². The van der Waals surface area contributed by atoms with Gasteiger partial charge in [-0.3, -0.25) is 0 Å². The average molecular weight is 511 g/mol. The van der Waals surface area contributed by atoms with Gasteiger partial charge >= 0.3 is 0 Å². The van der Waals surface area contributed by atoms with Gasteiger partial charge in [0.05, 0.1) is 25.2 Å². The fourth-order valence-corrected chi connectivity index (χ4v) is 4.64. The molecule has 2 atom stereocenters. The van der Waals surface area contributed by atoms with Gasteiger partial charge in [-0.05, 0) is 38.3 Å². The molecule has 1 fully saturated rings. The van der Waals surface area contributed by atoms with Gasteiger partial charge in [0.1, 0.15) is 17.6 Å². The lowest BCUT2D eigenvalue weighted by molar-refractivity contribution is 0.229. The quantitative estimate of drug-likeness (QED) is 0.316. The van der Waals surface area contributed by atoms with Crippen LogP contribution in [0.3, 0.4) is 0 Å². The zero-order valence-corrected chi connectivity index (χ0v) is 19.3. The minimum absolute atomic E-state index is 0. The number of nitrogens with zero attached hydrogens (tertiary/aromatic N) is 1. The van der Waals surface area contributed by atoms with Gasteiger partial charge in [-0.1, -0.05) is 6.07 Å². The summed E-state index contributed by atoms with van der Waals surface area (Å²) in [4.78, 5) is 4.54. The van der Waals surface area contributed by atoms with Gasteiger partial charge in [0, 0.05) is 19.2 Å². The molecule has 27 heavy (non-hydrogen) atoms. The number of ether oxygens (including phenoxy) is 2. The number of hydrogen-bond donors (Lipinski definition) is 2. The van der Waals surface area contributed by atoms with Crippen molar-refractivity contribution in [2.75, 3.05) is 38.2 Å². The van der Waals surface area contributed by atoms with Gasteiger partial charge in [-0.2, -0.15) is 0 Å². The molecule has 1 heterocycles. The first-order valence-corrected chi connectivity index (χ1v) is 10.8. The van der Waals surface area contributed by atoms with Crippen LogP contribution in [0.25, 0.3) is 0 Å². The van der Waals surface area contributed by atoms with Crippen molar-refractivity contribution < 1.29 is 17.9 Å². The van der Waals surface area contributed by atoms with Crippen molar-refractivity contribution >= 4 is 39.8 Å². The number of aliphatic imine (C=N–C) groups is 1. The summed E-state index contributed by atoms with van der Waals surface area (Å²) in [5.41, 5.74) is 0. The Labute approximate surface area is 179 Å². The largest absolute Gasteiger partial charge is 0.497 e. The number of guanidine groups is 1. The highest BCUT2D eigenvalue weighted by molar-refractivity contribution is 14.0. The van der Waals surface area contributed by atoms with Crippen molar-refractivity contribution in [2.24, 2.45) is 10.9 Å². The van der Waals surface area contributed by atoms with E-state index in [-0.39, 0.29) is 41.8 Å². The molecule has 2 rings (SSSR count). The molecule has 1 aliphatic heterocycles. The van der Waals surface area contributed by atoms with Crippen LogP contribution in [0.15, 0.2) is 29.3 Å². The Morgan fingerprint density at radius 3 is 2.70 bits per heavy atom. The van der Waals surface area contributed by atoms with Gasteiger partial charge in [0.2, 0.25) is 0 Å². The lowest BCUT2D eigenvalue weighted by Crippen LogP contribution is -2.40. The molecule has 0 aromatic heterocycles. The van der Waals surface area contributed by atoms with E-state index in [0.29, 0.717) is 31.2 Å². The van der Waals surface area contributed by atoms with E-state index in [2.05, 4.69) is 15.6 Å². The highest BCUT2D eigenvalue weighted by atomic mass is 127. The van der Waals surface area contributed by atoms with Gasteiger partial charge < -0.3 is 20.1 Å². The van der Waals surface area contributed by atoms with Crippen LogP contribution in [0, 0.1) is 5.92 Å². The summed E-state index contributed by atoms with van der Waals surface area (Å²) in [6, 6.07) is 7.47. The maximum atomic E-state index is 11.5. The highest BCUT2D eigenvalue weighted by Crippen LogP contribution is 2.20. The SMILES string of the molecule is CCNC(=NCC(C)Oc1cccc(OC)c1)NCC1CCS(=O)(=O)C1.I. The third-order valence-electron chi connectivity index (χ3n) is 4.11. The molecule has 0 aliphatic carbocycles. The first-order valence-electron chi connectivity index (χ1n) is 8.95. The van der Waals surface area contributed by atoms with E-state index in [1.54, 1.807) is 7.11 Å². The van der Waals surface area contributed by atoms with E-state index in [4.69, 9.17) is 9.47 Å². The van der Waals surface area contributed by atoms with Crippen molar-refractivity contribution in [3.8, 4) is 11.5 Å². The highest BCUT2D eigenvalue weighted by Gasteiger charge is 2.27. The number of rotatable bonds is 8. The molecule has 0 saturated carbocycles. The van der Waals surface area contributed by atoms with E-state index in [0.717, 1.165) is 18.0 Å². The fourth-order valence-electron chi connectivity index (χ4n) is 2.78. The van der Waals surface area contributed by atoms with E-state index < -0.39 is 9.84 Å². The van der Waals surface area contributed by atoms with E-state index >= 15 is 0 Å². The second kappa shape index (κ2) is 11.6. The summed E-state index contributed by atoms with van der Waals surface area (Å²) >= 11 is 0. The standard InChI is InChI=1S/C18H29N3O4S.HI/c1-4-19-18(21-12-15-8-9-26(22,23)13-15)20-11-14(2)25-17-7-5-6-16(10-17)24-3;/h5-7,10,14-15H,4,8-9,11-13H2,1-3H3,(H2,19,20,21);1H. The van der Waals surface area contributed by atoms with Crippen LogP contribution in [0.2, 0.25) is 0 Å². The maximum absolute atomic E-state index is 11.5. The number of benzene rings is 1. The summed E-state index contributed by atoms with van der Waals surface area (Å²) in [6.07, 6.45) is 0.605. The Balaban J connectivity index is 0.00000364. The molecule has 7 nitrogen and oxygen atoms in total. The third-order valence-corrected chi connectivity index (χ3v) is 5.95. The number of nitrogens with one attached hydrogen (secondary N) is 2. The van der Waals surface area contributed by atoms with Gasteiger partial charge in [-0.15, -0.1) is 24.0 Å². The second-order valence-electron chi connectivity index (χ2n) is 6.48. The van der Waals surface area contributed by atoms with E-state index in [1.165, 1.54) is 0 Å². The predicted molar refractivity (Wildman–Crippen MR) is 119 cm³/mol. The Morgan fingerprint density at radius 2 is 2.07 bits per heavy atom. The zero-order chi connectivity index (χ0) is 19.0. The Morgan fingerprint density at radius 1 is 1.33 bits per heavy atom. The smallest absolute Gasteiger partial charge is 0.191 e. The molecule has 1 aromatic carbocycles. The topological polar surface area (TPSA) is 89.0 Å². The summed E-state index contributed by atoms with van der Waals surface area (Å²) in [6.45, 7) is 5.77. The summed E-state index contributed by atoms with van der Waals surface area (Å²) in [5, 5.41) is 6.42. The second-order valence-corrected chi connectivity index (χ2v) is 8.71. The van der Waals surface area contributed by atoms with Crippen LogP contribution >= 0.6 is 24.0 Å². The molecule has 1 aromatic rings. The molecule has 1 saturated heterocycles. The van der Waals surface area contributed by atoms with Gasteiger partial charge in [0.15, 0.2) is 15.8 Å². The Kier molecular flexibility index (Phi) is 10.2. The van der Waals surface area contributed by atoms with Gasteiger partial charge in [0.25, 0.3) is 0 Å².